The molecule has 2 N–H and O–H groups in total. The summed E-state index contributed by atoms with van der Waals surface area (Å²) in [6.07, 6.45) is 5.85. The minimum Gasteiger partial charge on any atom is -0.455 e. The number of ether oxygens (including phenoxy) is 1. The van der Waals surface area contributed by atoms with E-state index in [9.17, 15) is 4.79 Å². The van der Waals surface area contributed by atoms with Gasteiger partial charge >= 0.3 is 6.03 Å². The van der Waals surface area contributed by atoms with E-state index < -0.39 is 0 Å². The number of benzene rings is 2. The number of nitrogens with zero attached hydrogens (tertiary/aromatic N) is 2. The number of hydrogen-bond donors (Lipinski definition) is 2. The standard InChI is InChI=1S/C24H22N4O2/c1-17-15-20(9-10-22(17)30-21-8-4-12-25-16-21)28-24(29)27-14-11-19-6-2-5-18-7-3-13-26-23(18)19/h2-10,12-13,15-16H,11,14H2,1H3,(H2,27,28,29). The van der Waals surface area contributed by atoms with Crippen LogP contribution in [0.5, 0.6) is 11.5 Å². The number of hydrogen-bond acceptors (Lipinski definition) is 4. The number of anilines is 1. The fourth-order valence-corrected chi connectivity index (χ4v) is 3.23. The Kier molecular flexibility index (Phi) is 5.85. The number of fused-ring (bicyclic) bond motifs is 1. The van der Waals surface area contributed by atoms with Crippen molar-refractivity contribution in [3.05, 3.63) is 90.4 Å². The van der Waals surface area contributed by atoms with Crippen molar-refractivity contribution in [2.24, 2.45) is 0 Å². The van der Waals surface area contributed by atoms with Crippen LogP contribution in [0.3, 0.4) is 0 Å². The lowest BCUT2D eigenvalue weighted by atomic mass is 10.1. The molecule has 0 saturated carbocycles. The van der Waals surface area contributed by atoms with Crippen molar-refractivity contribution >= 4 is 22.6 Å². The summed E-state index contributed by atoms with van der Waals surface area (Å²) < 4.78 is 5.82. The SMILES string of the molecule is Cc1cc(NC(=O)NCCc2cccc3cccnc23)ccc1Oc1cccnc1. The van der Waals surface area contributed by atoms with E-state index in [0.29, 0.717) is 24.4 Å². The quantitative estimate of drug-likeness (QED) is 0.474. The van der Waals surface area contributed by atoms with Crippen molar-refractivity contribution in [1.29, 1.82) is 0 Å². The molecule has 4 aromatic rings. The molecule has 0 saturated heterocycles. The van der Waals surface area contributed by atoms with Gasteiger partial charge in [-0.15, -0.1) is 0 Å². The topological polar surface area (TPSA) is 76.1 Å². The highest BCUT2D eigenvalue weighted by Gasteiger charge is 2.07. The third-order valence-corrected chi connectivity index (χ3v) is 4.69. The summed E-state index contributed by atoms with van der Waals surface area (Å²) in [5, 5.41) is 6.87. The lowest BCUT2D eigenvalue weighted by Crippen LogP contribution is -2.30. The molecule has 4 rings (SSSR count). The number of urea groups is 1. The number of amides is 2. The van der Waals surface area contributed by atoms with Gasteiger partial charge in [-0.3, -0.25) is 9.97 Å². The molecule has 0 radical (unpaired) electrons. The van der Waals surface area contributed by atoms with E-state index in [-0.39, 0.29) is 6.03 Å². The molecule has 0 atom stereocenters. The maximum absolute atomic E-state index is 12.3. The zero-order valence-corrected chi connectivity index (χ0v) is 16.6. The molecule has 2 amide bonds. The number of carbonyl (C=O) groups excluding carboxylic acids is 1. The van der Waals surface area contributed by atoms with Gasteiger partial charge in [0.25, 0.3) is 0 Å². The summed E-state index contributed by atoms with van der Waals surface area (Å²) in [5.74, 6) is 1.39. The Balaban J connectivity index is 1.32. The van der Waals surface area contributed by atoms with Gasteiger partial charge in [-0.2, -0.15) is 0 Å². The number of pyridine rings is 2. The first-order chi connectivity index (χ1) is 14.7. The van der Waals surface area contributed by atoms with Gasteiger partial charge in [-0.1, -0.05) is 24.3 Å². The number of para-hydroxylation sites is 1. The van der Waals surface area contributed by atoms with Crippen LogP contribution >= 0.6 is 0 Å². The Hall–Kier alpha value is -3.93. The molecular weight excluding hydrogens is 376 g/mol. The number of aryl methyl sites for hydroxylation is 1. The average molecular weight is 398 g/mol. The largest absolute Gasteiger partial charge is 0.455 e. The first-order valence-electron chi connectivity index (χ1n) is 9.75. The number of nitrogens with one attached hydrogen (secondary N) is 2. The van der Waals surface area contributed by atoms with Gasteiger partial charge in [0, 0.05) is 30.0 Å². The fraction of sp³-hybridized carbons (Fsp3) is 0.125. The molecule has 150 valence electrons. The van der Waals surface area contributed by atoms with E-state index in [1.54, 1.807) is 18.6 Å². The second kappa shape index (κ2) is 9.05. The van der Waals surface area contributed by atoms with Crippen LogP contribution in [0.1, 0.15) is 11.1 Å². The molecule has 30 heavy (non-hydrogen) atoms. The summed E-state index contributed by atoms with van der Waals surface area (Å²) in [6.45, 7) is 2.45. The van der Waals surface area contributed by atoms with Crippen LogP contribution in [0.4, 0.5) is 10.5 Å². The third-order valence-electron chi connectivity index (χ3n) is 4.69. The summed E-state index contributed by atoms with van der Waals surface area (Å²) >= 11 is 0. The van der Waals surface area contributed by atoms with E-state index in [4.69, 9.17) is 4.74 Å². The molecule has 0 spiro atoms. The lowest BCUT2D eigenvalue weighted by molar-refractivity contribution is 0.252. The van der Waals surface area contributed by atoms with Crippen LogP contribution in [0, 0.1) is 6.92 Å². The summed E-state index contributed by atoms with van der Waals surface area (Å²) in [7, 11) is 0. The summed E-state index contributed by atoms with van der Waals surface area (Å²) in [6, 6.07) is 19.0. The molecule has 2 heterocycles. The predicted octanol–water partition coefficient (Wildman–Crippen LogP) is 5.09. The maximum Gasteiger partial charge on any atom is 0.319 e. The van der Waals surface area contributed by atoms with Crippen molar-refractivity contribution in [3.63, 3.8) is 0 Å². The lowest BCUT2D eigenvalue weighted by Gasteiger charge is -2.12. The molecular formula is C24H22N4O2. The van der Waals surface area contributed by atoms with Crippen LogP contribution in [-0.4, -0.2) is 22.5 Å². The summed E-state index contributed by atoms with van der Waals surface area (Å²) in [5.41, 5.74) is 3.71. The van der Waals surface area contributed by atoms with Gasteiger partial charge in [0.05, 0.1) is 11.7 Å². The second-order valence-corrected chi connectivity index (χ2v) is 6.89. The Bertz CT molecular complexity index is 1160. The van der Waals surface area contributed by atoms with E-state index in [2.05, 4.69) is 20.6 Å². The van der Waals surface area contributed by atoms with Gasteiger partial charge in [0.2, 0.25) is 0 Å². The van der Waals surface area contributed by atoms with Crippen LogP contribution in [0.25, 0.3) is 10.9 Å². The molecule has 0 fully saturated rings. The molecule has 0 bridgehead atoms. The molecule has 0 aliphatic heterocycles. The van der Waals surface area contributed by atoms with E-state index in [0.717, 1.165) is 27.8 Å². The average Bonchev–Trinajstić information content (AvgIpc) is 2.76. The number of rotatable bonds is 6. The maximum atomic E-state index is 12.3. The normalized spacial score (nSPS) is 10.6. The smallest absolute Gasteiger partial charge is 0.319 e. The molecule has 0 aliphatic carbocycles. The second-order valence-electron chi connectivity index (χ2n) is 6.89. The monoisotopic (exact) mass is 398 g/mol. The van der Waals surface area contributed by atoms with Crippen LogP contribution < -0.4 is 15.4 Å². The Morgan fingerprint density at radius 2 is 1.90 bits per heavy atom. The Morgan fingerprint density at radius 3 is 2.73 bits per heavy atom. The van der Waals surface area contributed by atoms with Gasteiger partial charge in [0.1, 0.15) is 11.5 Å². The highest BCUT2D eigenvalue weighted by atomic mass is 16.5. The zero-order valence-electron chi connectivity index (χ0n) is 16.6. The summed E-state index contributed by atoms with van der Waals surface area (Å²) in [4.78, 5) is 20.8. The van der Waals surface area contributed by atoms with Crippen molar-refractivity contribution in [1.82, 2.24) is 15.3 Å². The van der Waals surface area contributed by atoms with E-state index in [1.165, 1.54) is 0 Å². The Morgan fingerprint density at radius 1 is 1.03 bits per heavy atom. The predicted molar refractivity (Wildman–Crippen MR) is 118 cm³/mol. The Labute approximate surface area is 175 Å². The number of aromatic nitrogens is 2. The molecule has 2 aromatic carbocycles. The molecule has 6 heteroatoms. The van der Waals surface area contributed by atoms with Gasteiger partial charge in [-0.25, -0.2) is 4.79 Å². The fourth-order valence-electron chi connectivity index (χ4n) is 3.23. The third kappa shape index (κ3) is 4.72. The first-order valence-corrected chi connectivity index (χ1v) is 9.75. The highest BCUT2D eigenvalue weighted by Crippen LogP contribution is 2.26. The first kappa shape index (κ1) is 19.4. The number of carbonyl (C=O) groups is 1. The minimum atomic E-state index is -0.247. The van der Waals surface area contributed by atoms with Crippen molar-refractivity contribution in [2.75, 3.05) is 11.9 Å². The van der Waals surface area contributed by atoms with Gasteiger partial charge < -0.3 is 15.4 Å². The van der Waals surface area contributed by atoms with Crippen LogP contribution in [0.15, 0.2) is 79.3 Å². The molecule has 0 aliphatic rings. The minimum absolute atomic E-state index is 0.247. The highest BCUT2D eigenvalue weighted by molar-refractivity contribution is 5.89. The van der Waals surface area contributed by atoms with E-state index in [1.807, 2.05) is 67.6 Å². The van der Waals surface area contributed by atoms with Crippen molar-refractivity contribution < 1.29 is 9.53 Å². The van der Waals surface area contributed by atoms with Gasteiger partial charge in [-0.05, 0) is 60.9 Å². The van der Waals surface area contributed by atoms with Crippen molar-refractivity contribution in [2.45, 2.75) is 13.3 Å². The zero-order chi connectivity index (χ0) is 20.8. The molecule has 0 unspecified atom stereocenters. The van der Waals surface area contributed by atoms with E-state index >= 15 is 0 Å². The van der Waals surface area contributed by atoms with Crippen LogP contribution in [-0.2, 0) is 6.42 Å². The van der Waals surface area contributed by atoms with Gasteiger partial charge in [0.15, 0.2) is 0 Å². The van der Waals surface area contributed by atoms with Crippen molar-refractivity contribution in [3.8, 4) is 11.5 Å². The molecule has 2 aromatic heterocycles. The molecule has 6 nitrogen and oxygen atoms in total. The van der Waals surface area contributed by atoms with Crippen LogP contribution in [0.2, 0.25) is 0 Å².